The number of rotatable bonds is 4. The summed E-state index contributed by atoms with van der Waals surface area (Å²) in [4.78, 5) is 7.83. The number of ether oxygens (including phenoxy) is 1. The lowest BCUT2D eigenvalue weighted by atomic mass is 10.0. The number of benzene rings is 2. The molecule has 4 N–H and O–H groups in total. The Bertz CT molecular complexity index is 997. The molecule has 1 heterocycles. The molecule has 0 aliphatic heterocycles. The number of hydrogen-bond acceptors (Lipinski definition) is 6. The zero-order chi connectivity index (χ0) is 18.7. The van der Waals surface area contributed by atoms with Gasteiger partial charge in [-0.25, -0.2) is 13.8 Å². The van der Waals surface area contributed by atoms with Crippen LogP contribution in [0.15, 0.2) is 42.5 Å². The molecule has 0 aliphatic carbocycles. The molecule has 1 aromatic heterocycles. The third kappa shape index (κ3) is 3.37. The summed E-state index contributed by atoms with van der Waals surface area (Å²) in [5, 5.41) is 9.28. The lowest BCUT2D eigenvalue weighted by Gasteiger charge is -2.10. The second-order valence-electron chi connectivity index (χ2n) is 5.34. The largest absolute Gasteiger partial charge is 0.483 e. The van der Waals surface area contributed by atoms with Crippen molar-refractivity contribution in [3.8, 4) is 23.1 Å². The molecule has 2 aromatic carbocycles. The molecule has 0 bridgehead atoms. The lowest BCUT2D eigenvalue weighted by molar-refractivity contribution is 0.274. The van der Waals surface area contributed by atoms with Gasteiger partial charge in [0, 0.05) is 5.56 Å². The van der Waals surface area contributed by atoms with E-state index in [1.807, 2.05) is 6.07 Å². The Morgan fingerprint density at radius 1 is 1.04 bits per heavy atom. The molecule has 0 atom stereocenters. The average molecular weight is 353 g/mol. The zero-order valence-electron chi connectivity index (χ0n) is 13.4. The van der Waals surface area contributed by atoms with Crippen molar-refractivity contribution in [3.05, 3.63) is 65.2 Å². The number of nitrogens with two attached hydrogens (primary N) is 2. The summed E-state index contributed by atoms with van der Waals surface area (Å²) in [6.07, 6.45) is 0. The molecule has 26 heavy (non-hydrogen) atoms. The summed E-state index contributed by atoms with van der Waals surface area (Å²) >= 11 is 0. The van der Waals surface area contributed by atoms with E-state index in [4.69, 9.17) is 16.2 Å². The highest BCUT2D eigenvalue weighted by molar-refractivity contribution is 5.73. The lowest BCUT2D eigenvalue weighted by Crippen LogP contribution is -2.05. The number of anilines is 2. The molecule has 3 aromatic rings. The van der Waals surface area contributed by atoms with Gasteiger partial charge in [0.05, 0.1) is 5.69 Å². The molecule has 3 rings (SSSR count). The second kappa shape index (κ2) is 7.03. The highest BCUT2D eigenvalue weighted by atomic mass is 19.1. The van der Waals surface area contributed by atoms with E-state index in [9.17, 15) is 14.0 Å². The van der Waals surface area contributed by atoms with Gasteiger partial charge in [-0.15, -0.1) is 0 Å². The van der Waals surface area contributed by atoms with Crippen molar-refractivity contribution >= 4 is 11.8 Å². The van der Waals surface area contributed by atoms with Crippen molar-refractivity contribution in [1.29, 1.82) is 5.26 Å². The summed E-state index contributed by atoms with van der Waals surface area (Å²) < 4.78 is 32.5. The highest BCUT2D eigenvalue weighted by Crippen LogP contribution is 2.27. The van der Waals surface area contributed by atoms with Crippen molar-refractivity contribution in [2.75, 3.05) is 11.5 Å². The highest BCUT2D eigenvalue weighted by Gasteiger charge is 2.14. The summed E-state index contributed by atoms with van der Waals surface area (Å²) in [5.74, 6) is -2.11. The minimum atomic E-state index is -0.788. The van der Waals surface area contributed by atoms with Gasteiger partial charge < -0.3 is 16.2 Å². The third-order valence-corrected chi connectivity index (χ3v) is 3.57. The van der Waals surface area contributed by atoms with E-state index in [0.717, 1.165) is 12.1 Å². The predicted octanol–water partition coefficient (Wildman–Crippen LogP) is 3.04. The van der Waals surface area contributed by atoms with Crippen molar-refractivity contribution in [2.45, 2.75) is 6.61 Å². The van der Waals surface area contributed by atoms with Gasteiger partial charge in [-0.3, -0.25) is 0 Å². The maximum Gasteiger partial charge on any atom is 0.222 e. The van der Waals surface area contributed by atoms with Crippen LogP contribution in [-0.4, -0.2) is 9.97 Å². The van der Waals surface area contributed by atoms with Gasteiger partial charge in [0.2, 0.25) is 5.95 Å². The van der Waals surface area contributed by atoms with Crippen molar-refractivity contribution in [3.63, 3.8) is 0 Å². The van der Waals surface area contributed by atoms with E-state index in [1.54, 1.807) is 24.3 Å². The van der Waals surface area contributed by atoms with Gasteiger partial charge in [0.25, 0.3) is 0 Å². The maximum atomic E-state index is 13.6. The van der Waals surface area contributed by atoms with Crippen LogP contribution in [-0.2, 0) is 6.61 Å². The average Bonchev–Trinajstić information content (AvgIpc) is 2.61. The second-order valence-corrected chi connectivity index (χ2v) is 5.34. The summed E-state index contributed by atoms with van der Waals surface area (Å²) in [6, 6.07) is 12.2. The van der Waals surface area contributed by atoms with Crippen LogP contribution < -0.4 is 16.2 Å². The van der Waals surface area contributed by atoms with Crippen LogP contribution in [0, 0.1) is 23.0 Å². The van der Waals surface area contributed by atoms with Crippen LogP contribution in [0.1, 0.15) is 11.1 Å². The van der Waals surface area contributed by atoms with Gasteiger partial charge in [0.1, 0.15) is 24.1 Å². The number of nitrogen functional groups attached to an aromatic ring is 2. The van der Waals surface area contributed by atoms with E-state index >= 15 is 0 Å². The SMILES string of the molecule is N#Cc1c(N)nc(N)nc1-c1cccc(COc2c(F)cccc2F)c1. The topological polar surface area (TPSA) is 111 Å². The first kappa shape index (κ1) is 17.1. The number of hydrogen-bond donors (Lipinski definition) is 2. The van der Waals surface area contributed by atoms with Crippen LogP contribution in [0.25, 0.3) is 11.3 Å². The Morgan fingerprint density at radius 3 is 2.42 bits per heavy atom. The van der Waals surface area contributed by atoms with E-state index in [-0.39, 0.29) is 29.6 Å². The third-order valence-electron chi connectivity index (χ3n) is 3.57. The summed E-state index contributed by atoms with van der Waals surface area (Å²) in [7, 11) is 0. The first-order valence-electron chi connectivity index (χ1n) is 7.49. The van der Waals surface area contributed by atoms with Gasteiger partial charge in [0.15, 0.2) is 17.4 Å². The van der Waals surface area contributed by atoms with E-state index in [2.05, 4.69) is 9.97 Å². The van der Waals surface area contributed by atoms with Crippen molar-refractivity contribution < 1.29 is 13.5 Å². The van der Waals surface area contributed by atoms with E-state index < -0.39 is 17.4 Å². The molecule has 0 fully saturated rings. The Morgan fingerprint density at radius 2 is 1.73 bits per heavy atom. The number of para-hydroxylation sites is 1. The monoisotopic (exact) mass is 353 g/mol. The molecule has 0 spiro atoms. The first-order valence-corrected chi connectivity index (χ1v) is 7.49. The minimum Gasteiger partial charge on any atom is -0.483 e. The summed E-state index contributed by atoms with van der Waals surface area (Å²) in [5.41, 5.74) is 12.9. The van der Waals surface area contributed by atoms with Crippen molar-refractivity contribution in [2.24, 2.45) is 0 Å². The quantitative estimate of drug-likeness (QED) is 0.746. The Kier molecular flexibility index (Phi) is 4.62. The zero-order valence-corrected chi connectivity index (χ0v) is 13.4. The van der Waals surface area contributed by atoms with Crippen molar-refractivity contribution in [1.82, 2.24) is 9.97 Å². The number of halogens is 2. The maximum absolute atomic E-state index is 13.6. The van der Waals surface area contributed by atoms with Crippen LogP contribution in [0.4, 0.5) is 20.5 Å². The number of nitriles is 1. The van der Waals surface area contributed by atoms with E-state index in [0.29, 0.717) is 11.1 Å². The molecular formula is C18H13F2N5O. The standard InChI is InChI=1S/C18H13F2N5O/c19-13-5-2-6-14(20)16(13)26-9-10-3-1-4-11(7-10)15-12(8-21)17(22)25-18(23)24-15/h1-7H,9H2,(H4,22,23,24,25). The molecule has 0 unspecified atom stereocenters. The van der Waals surface area contributed by atoms with Gasteiger partial charge in [-0.05, 0) is 23.8 Å². The van der Waals surface area contributed by atoms with Crippen LogP contribution in [0.2, 0.25) is 0 Å². The van der Waals surface area contributed by atoms with Gasteiger partial charge in [-0.1, -0.05) is 24.3 Å². The fourth-order valence-corrected chi connectivity index (χ4v) is 2.40. The minimum absolute atomic E-state index is 0.0231. The first-order chi connectivity index (χ1) is 12.5. The fraction of sp³-hybridized carbons (Fsp3) is 0.0556. The Hall–Kier alpha value is -3.73. The normalized spacial score (nSPS) is 10.3. The van der Waals surface area contributed by atoms with Crippen LogP contribution in [0.5, 0.6) is 5.75 Å². The number of aromatic nitrogens is 2. The van der Waals surface area contributed by atoms with Crippen LogP contribution in [0.3, 0.4) is 0 Å². The van der Waals surface area contributed by atoms with Gasteiger partial charge >= 0.3 is 0 Å². The molecular weight excluding hydrogens is 340 g/mol. The predicted molar refractivity (Wildman–Crippen MR) is 91.7 cm³/mol. The smallest absolute Gasteiger partial charge is 0.222 e. The molecule has 0 saturated heterocycles. The number of nitrogens with zero attached hydrogens (tertiary/aromatic N) is 3. The fourth-order valence-electron chi connectivity index (χ4n) is 2.40. The molecule has 0 radical (unpaired) electrons. The van der Waals surface area contributed by atoms with Crippen LogP contribution >= 0.6 is 0 Å². The molecule has 0 amide bonds. The van der Waals surface area contributed by atoms with E-state index in [1.165, 1.54) is 6.07 Å². The molecule has 6 nitrogen and oxygen atoms in total. The summed E-state index contributed by atoms with van der Waals surface area (Å²) in [6.45, 7) is -0.0797. The molecule has 0 aliphatic rings. The molecule has 8 heteroatoms. The Balaban J connectivity index is 1.92. The van der Waals surface area contributed by atoms with Gasteiger partial charge in [-0.2, -0.15) is 10.2 Å². The Labute approximate surface area is 147 Å². The molecule has 130 valence electrons. The molecule has 0 saturated carbocycles.